The van der Waals surface area contributed by atoms with E-state index in [1.54, 1.807) is 12.1 Å². The number of carbonyl (C=O) groups excluding carboxylic acids is 1. The second kappa shape index (κ2) is 6.20. The highest BCUT2D eigenvalue weighted by Crippen LogP contribution is 2.38. The van der Waals surface area contributed by atoms with Crippen LogP contribution in [0.2, 0.25) is 0 Å². The van der Waals surface area contributed by atoms with Crippen molar-refractivity contribution in [2.75, 3.05) is 34.8 Å². The Morgan fingerprint density at radius 2 is 2.00 bits per heavy atom. The summed E-state index contributed by atoms with van der Waals surface area (Å²) < 4.78 is 0. The van der Waals surface area contributed by atoms with Gasteiger partial charge in [0.2, 0.25) is 5.91 Å². The van der Waals surface area contributed by atoms with Crippen molar-refractivity contribution in [2.24, 2.45) is 11.8 Å². The van der Waals surface area contributed by atoms with E-state index in [4.69, 9.17) is 0 Å². The van der Waals surface area contributed by atoms with Gasteiger partial charge in [0.1, 0.15) is 0 Å². The lowest BCUT2D eigenvalue weighted by atomic mass is 10.1. The molecule has 0 spiro atoms. The van der Waals surface area contributed by atoms with E-state index in [0.717, 1.165) is 36.7 Å². The Labute approximate surface area is 134 Å². The number of amides is 1. The molecule has 1 saturated heterocycles. The van der Waals surface area contributed by atoms with Crippen LogP contribution in [-0.2, 0) is 4.79 Å². The number of thioether (sulfide) groups is 1. The molecule has 1 aliphatic heterocycles. The van der Waals surface area contributed by atoms with Gasteiger partial charge < -0.3 is 15.3 Å². The Kier molecular flexibility index (Phi) is 4.29. The molecule has 1 aromatic rings. The maximum absolute atomic E-state index is 12.0. The van der Waals surface area contributed by atoms with E-state index in [1.165, 1.54) is 0 Å². The molecule has 0 unspecified atom stereocenters. The zero-order valence-corrected chi connectivity index (χ0v) is 13.4. The lowest BCUT2D eigenvalue weighted by Crippen LogP contribution is -2.33. The van der Waals surface area contributed by atoms with Crippen LogP contribution in [0.1, 0.15) is 23.7 Å². The fraction of sp³-hybridized carbons (Fsp3) is 0.500. The first-order valence-corrected chi connectivity index (χ1v) is 8.72. The third-order valence-electron chi connectivity index (χ3n) is 4.29. The predicted octanol–water partition coefficient (Wildman–Crippen LogP) is 2.53. The minimum absolute atomic E-state index is 0.00837. The summed E-state index contributed by atoms with van der Waals surface area (Å²) in [4.78, 5) is 25.6. The highest BCUT2D eigenvalue weighted by atomic mass is 32.2. The van der Waals surface area contributed by atoms with Crippen LogP contribution in [0.4, 0.5) is 11.4 Å². The molecule has 1 amide bonds. The molecular weight excluding hydrogens is 300 g/mol. The summed E-state index contributed by atoms with van der Waals surface area (Å²) in [5.41, 5.74) is 1.57. The topological polar surface area (TPSA) is 69.6 Å². The highest BCUT2D eigenvalue weighted by Gasteiger charge is 2.39. The van der Waals surface area contributed by atoms with E-state index in [2.05, 4.69) is 10.2 Å². The van der Waals surface area contributed by atoms with Crippen LogP contribution in [-0.4, -0.2) is 41.6 Å². The fourth-order valence-corrected chi connectivity index (χ4v) is 3.69. The van der Waals surface area contributed by atoms with Crippen LogP contribution < -0.4 is 10.2 Å². The van der Waals surface area contributed by atoms with E-state index < -0.39 is 5.97 Å². The maximum atomic E-state index is 12.0. The van der Waals surface area contributed by atoms with Crippen molar-refractivity contribution in [3.63, 3.8) is 0 Å². The minimum Gasteiger partial charge on any atom is -0.478 e. The normalized spacial score (nSPS) is 24.0. The van der Waals surface area contributed by atoms with Crippen LogP contribution in [0.3, 0.4) is 0 Å². The van der Waals surface area contributed by atoms with Gasteiger partial charge in [0.25, 0.3) is 0 Å². The van der Waals surface area contributed by atoms with Crippen molar-refractivity contribution in [2.45, 2.75) is 13.3 Å². The van der Waals surface area contributed by atoms with Gasteiger partial charge in [-0.25, -0.2) is 4.79 Å². The van der Waals surface area contributed by atoms with Gasteiger partial charge in [0.15, 0.2) is 0 Å². The molecule has 6 heteroatoms. The fourth-order valence-electron chi connectivity index (χ4n) is 2.79. The van der Waals surface area contributed by atoms with E-state index in [9.17, 15) is 14.7 Å². The van der Waals surface area contributed by atoms with Crippen molar-refractivity contribution in [3.8, 4) is 0 Å². The van der Waals surface area contributed by atoms with Gasteiger partial charge in [0, 0.05) is 36.2 Å². The molecule has 22 heavy (non-hydrogen) atoms. The molecule has 118 valence electrons. The molecule has 1 aliphatic carbocycles. The average Bonchev–Trinajstić information content (AvgIpc) is 3.25. The van der Waals surface area contributed by atoms with Crippen LogP contribution in [0.5, 0.6) is 0 Å². The summed E-state index contributed by atoms with van der Waals surface area (Å²) >= 11 is 1.88. The summed E-state index contributed by atoms with van der Waals surface area (Å²) in [5, 5.41) is 12.3. The standard InChI is InChI=1S/C16H20N2O3S/c1-10-8-12(10)15(19)17-11-2-3-14(13(9-11)16(20)21)18-4-6-22-7-5-18/h2-3,9-10,12H,4-8H2,1H3,(H,17,19)(H,20,21)/t10-,12-/m0/s1. The van der Waals surface area contributed by atoms with Crippen molar-refractivity contribution in [1.82, 2.24) is 0 Å². The number of carboxylic acids is 1. The summed E-state index contributed by atoms with van der Waals surface area (Å²) in [7, 11) is 0. The first-order chi connectivity index (χ1) is 10.6. The van der Waals surface area contributed by atoms with E-state index in [1.807, 2.05) is 24.8 Å². The molecule has 2 atom stereocenters. The van der Waals surface area contributed by atoms with E-state index in [0.29, 0.717) is 11.6 Å². The average molecular weight is 320 g/mol. The number of nitrogens with zero attached hydrogens (tertiary/aromatic N) is 1. The number of nitrogens with one attached hydrogen (secondary N) is 1. The number of benzene rings is 1. The molecule has 1 heterocycles. The first-order valence-electron chi connectivity index (χ1n) is 7.57. The Bertz CT molecular complexity index is 599. The monoisotopic (exact) mass is 320 g/mol. The Hall–Kier alpha value is -1.69. The Morgan fingerprint density at radius 1 is 1.32 bits per heavy atom. The van der Waals surface area contributed by atoms with Crippen molar-refractivity contribution in [3.05, 3.63) is 23.8 Å². The molecule has 5 nitrogen and oxygen atoms in total. The number of hydrogen-bond donors (Lipinski definition) is 2. The van der Waals surface area contributed by atoms with Gasteiger partial charge in [-0.2, -0.15) is 11.8 Å². The quantitative estimate of drug-likeness (QED) is 0.892. The molecule has 2 aliphatic rings. The van der Waals surface area contributed by atoms with Crippen LogP contribution in [0, 0.1) is 11.8 Å². The summed E-state index contributed by atoms with van der Waals surface area (Å²) in [6.07, 6.45) is 0.918. The number of rotatable bonds is 4. The van der Waals surface area contributed by atoms with Gasteiger partial charge >= 0.3 is 5.97 Å². The molecule has 0 bridgehead atoms. The van der Waals surface area contributed by atoms with Crippen LogP contribution >= 0.6 is 11.8 Å². The third kappa shape index (κ3) is 3.21. The first kappa shape index (κ1) is 15.2. The highest BCUT2D eigenvalue weighted by molar-refractivity contribution is 7.99. The molecule has 0 aromatic heterocycles. The SMILES string of the molecule is C[C@H]1C[C@@H]1C(=O)Nc1ccc(N2CCSCC2)c(C(=O)O)c1. The van der Waals surface area contributed by atoms with Gasteiger partial charge in [-0.3, -0.25) is 4.79 Å². The van der Waals surface area contributed by atoms with Crippen molar-refractivity contribution >= 4 is 35.0 Å². The Balaban J connectivity index is 1.80. The molecule has 1 saturated carbocycles. The second-order valence-electron chi connectivity index (χ2n) is 5.95. The zero-order chi connectivity index (χ0) is 15.7. The second-order valence-corrected chi connectivity index (χ2v) is 7.17. The van der Waals surface area contributed by atoms with Crippen LogP contribution in [0.15, 0.2) is 18.2 Å². The number of carboxylic acid groups (broad SMARTS) is 1. The molecule has 3 rings (SSSR count). The van der Waals surface area contributed by atoms with Crippen LogP contribution in [0.25, 0.3) is 0 Å². The number of carbonyl (C=O) groups is 2. The van der Waals surface area contributed by atoms with Crippen molar-refractivity contribution < 1.29 is 14.7 Å². The largest absolute Gasteiger partial charge is 0.478 e. The molecule has 0 radical (unpaired) electrons. The number of anilines is 2. The van der Waals surface area contributed by atoms with E-state index in [-0.39, 0.29) is 17.4 Å². The lowest BCUT2D eigenvalue weighted by molar-refractivity contribution is -0.117. The van der Waals surface area contributed by atoms with Crippen molar-refractivity contribution in [1.29, 1.82) is 0 Å². The van der Waals surface area contributed by atoms with E-state index >= 15 is 0 Å². The third-order valence-corrected chi connectivity index (χ3v) is 5.24. The minimum atomic E-state index is -0.955. The molecule has 2 fully saturated rings. The summed E-state index contributed by atoms with van der Waals surface area (Å²) in [6, 6.07) is 5.18. The number of aromatic carboxylic acids is 1. The van der Waals surface area contributed by atoms with Gasteiger partial charge in [-0.1, -0.05) is 6.92 Å². The Morgan fingerprint density at radius 3 is 2.59 bits per heavy atom. The van der Waals surface area contributed by atoms with Gasteiger partial charge in [-0.05, 0) is 30.5 Å². The summed E-state index contributed by atoms with van der Waals surface area (Å²) in [5.74, 6) is 1.57. The van der Waals surface area contributed by atoms with Gasteiger partial charge in [0.05, 0.1) is 11.3 Å². The molecular formula is C16H20N2O3S. The molecule has 1 aromatic carbocycles. The predicted molar refractivity (Wildman–Crippen MR) is 88.8 cm³/mol. The zero-order valence-electron chi connectivity index (χ0n) is 12.5. The lowest BCUT2D eigenvalue weighted by Gasteiger charge is -2.29. The molecule has 2 N–H and O–H groups in total. The number of hydrogen-bond acceptors (Lipinski definition) is 4. The van der Waals surface area contributed by atoms with Gasteiger partial charge in [-0.15, -0.1) is 0 Å². The maximum Gasteiger partial charge on any atom is 0.337 e. The smallest absolute Gasteiger partial charge is 0.337 e. The summed E-state index contributed by atoms with van der Waals surface area (Å²) in [6.45, 7) is 3.76.